The van der Waals surface area contributed by atoms with Gasteiger partial charge in [0, 0.05) is 19.0 Å². The second kappa shape index (κ2) is 5.32. The first-order valence-electron chi connectivity index (χ1n) is 7.24. The van der Waals surface area contributed by atoms with Gasteiger partial charge in [0.1, 0.15) is 11.8 Å². The van der Waals surface area contributed by atoms with Gasteiger partial charge in [-0.05, 0) is 24.8 Å². The number of allylic oxidation sites excluding steroid dienone is 2. The molecule has 6 heteroatoms. The number of rotatable bonds is 1. The van der Waals surface area contributed by atoms with E-state index in [4.69, 9.17) is 10.2 Å². The van der Waals surface area contributed by atoms with Gasteiger partial charge in [0.2, 0.25) is 0 Å². The van der Waals surface area contributed by atoms with Gasteiger partial charge in [0.05, 0.1) is 35.6 Å². The standard InChI is InChI=1S/C17H15N5O/c1-22-5-4-11-12(7-18)16(21)17(9-19,10-20)15(13(11)8-22)14-3-2-6-23-14/h2-4,6,13,15H,5,8,21H2,1H3/t13-,15+/m1/s1. The number of furan rings is 1. The number of nitriles is 3. The monoisotopic (exact) mass is 305 g/mol. The van der Waals surface area contributed by atoms with Crippen molar-refractivity contribution in [1.82, 2.24) is 4.90 Å². The van der Waals surface area contributed by atoms with Gasteiger partial charge in [-0.1, -0.05) is 6.08 Å². The van der Waals surface area contributed by atoms with Crippen molar-refractivity contribution in [3.8, 4) is 18.2 Å². The number of fused-ring (bicyclic) bond motifs is 1. The number of likely N-dealkylation sites (N-methyl/N-ethyl adjacent to an activating group) is 1. The molecule has 0 aromatic carbocycles. The summed E-state index contributed by atoms with van der Waals surface area (Å²) < 4.78 is 5.52. The Hall–Kier alpha value is -3.01. The molecule has 0 fully saturated rings. The maximum atomic E-state index is 9.78. The second-order valence-electron chi connectivity index (χ2n) is 5.91. The first-order chi connectivity index (χ1) is 11.1. The van der Waals surface area contributed by atoms with E-state index < -0.39 is 11.3 Å². The number of hydrogen-bond donors (Lipinski definition) is 1. The molecule has 0 bridgehead atoms. The molecule has 2 aliphatic rings. The smallest absolute Gasteiger partial charge is 0.194 e. The lowest BCUT2D eigenvalue weighted by molar-refractivity contribution is 0.218. The third-order valence-corrected chi connectivity index (χ3v) is 4.70. The summed E-state index contributed by atoms with van der Waals surface area (Å²) in [6.45, 7) is 1.32. The van der Waals surface area contributed by atoms with E-state index in [1.54, 1.807) is 12.1 Å². The van der Waals surface area contributed by atoms with Crippen molar-refractivity contribution >= 4 is 0 Å². The maximum Gasteiger partial charge on any atom is 0.194 e. The third kappa shape index (κ3) is 1.95. The van der Waals surface area contributed by atoms with Crippen LogP contribution in [0.1, 0.15) is 11.7 Å². The van der Waals surface area contributed by atoms with Crippen molar-refractivity contribution < 1.29 is 4.42 Å². The lowest BCUT2D eigenvalue weighted by atomic mass is 9.59. The minimum Gasteiger partial charge on any atom is -0.469 e. The lowest BCUT2D eigenvalue weighted by Crippen LogP contribution is -2.47. The topological polar surface area (TPSA) is 114 Å². The number of nitrogens with two attached hydrogens (primary N) is 1. The Bertz CT molecular complexity index is 799. The van der Waals surface area contributed by atoms with E-state index >= 15 is 0 Å². The Kier molecular flexibility index (Phi) is 3.45. The van der Waals surface area contributed by atoms with Crippen LogP contribution in [0, 0.1) is 45.3 Å². The van der Waals surface area contributed by atoms with Crippen LogP contribution in [-0.2, 0) is 0 Å². The van der Waals surface area contributed by atoms with Gasteiger partial charge in [-0.2, -0.15) is 15.8 Å². The van der Waals surface area contributed by atoms with E-state index in [1.165, 1.54) is 6.26 Å². The summed E-state index contributed by atoms with van der Waals surface area (Å²) in [5.74, 6) is -0.195. The largest absolute Gasteiger partial charge is 0.469 e. The summed E-state index contributed by atoms with van der Waals surface area (Å²) in [5.41, 5.74) is 5.63. The van der Waals surface area contributed by atoms with Gasteiger partial charge < -0.3 is 15.1 Å². The van der Waals surface area contributed by atoms with Crippen molar-refractivity contribution in [3.05, 3.63) is 47.1 Å². The third-order valence-electron chi connectivity index (χ3n) is 4.70. The van der Waals surface area contributed by atoms with Gasteiger partial charge >= 0.3 is 0 Å². The second-order valence-corrected chi connectivity index (χ2v) is 5.91. The molecular weight excluding hydrogens is 290 g/mol. The van der Waals surface area contributed by atoms with Crippen molar-refractivity contribution in [3.63, 3.8) is 0 Å². The molecule has 0 radical (unpaired) electrons. The van der Waals surface area contributed by atoms with Crippen molar-refractivity contribution in [2.24, 2.45) is 17.1 Å². The van der Waals surface area contributed by atoms with Gasteiger partial charge in [0.15, 0.2) is 5.41 Å². The van der Waals surface area contributed by atoms with Crippen LogP contribution in [0.15, 0.2) is 45.7 Å². The molecule has 1 aromatic heterocycles. The quantitative estimate of drug-likeness (QED) is 0.843. The predicted octanol–water partition coefficient (Wildman–Crippen LogP) is 1.63. The summed E-state index contributed by atoms with van der Waals surface area (Å²) in [5, 5.41) is 29.1. The van der Waals surface area contributed by atoms with E-state index in [9.17, 15) is 15.8 Å². The zero-order chi connectivity index (χ0) is 16.6. The highest BCUT2D eigenvalue weighted by Crippen LogP contribution is 2.53. The molecule has 0 unspecified atom stereocenters. The van der Waals surface area contributed by atoms with Crippen LogP contribution in [0.2, 0.25) is 0 Å². The van der Waals surface area contributed by atoms with E-state index in [0.717, 1.165) is 5.57 Å². The zero-order valence-corrected chi connectivity index (χ0v) is 12.7. The van der Waals surface area contributed by atoms with E-state index in [2.05, 4.69) is 23.1 Å². The summed E-state index contributed by atoms with van der Waals surface area (Å²) in [6, 6.07) is 9.71. The first-order valence-corrected chi connectivity index (χ1v) is 7.24. The minimum absolute atomic E-state index is 0.0263. The van der Waals surface area contributed by atoms with Crippen molar-refractivity contribution in [1.29, 1.82) is 15.8 Å². The van der Waals surface area contributed by atoms with E-state index in [1.807, 2.05) is 13.1 Å². The average molecular weight is 305 g/mol. The Labute approximate surface area is 134 Å². The predicted molar refractivity (Wildman–Crippen MR) is 81.0 cm³/mol. The normalized spacial score (nSPS) is 26.4. The summed E-state index contributed by atoms with van der Waals surface area (Å²) in [7, 11) is 1.96. The van der Waals surface area contributed by atoms with Crippen molar-refractivity contribution in [2.45, 2.75) is 5.92 Å². The fourth-order valence-electron chi connectivity index (χ4n) is 3.60. The number of nitrogens with zero attached hydrogens (tertiary/aromatic N) is 4. The molecule has 0 saturated carbocycles. The van der Waals surface area contributed by atoms with E-state index in [0.29, 0.717) is 18.8 Å². The minimum atomic E-state index is -1.61. The molecule has 1 aromatic rings. The highest BCUT2D eigenvalue weighted by molar-refractivity contribution is 5.58. The fourth-order valence-corrected chi connectivity index (χ4v) is 3.60. The summed E-state index contributed by atoms with van der Waals surface area (Å²) in [6.07, 6.45) is 3.47. The molecule has 2 heterocycles. The maximum absolute atomic E-state index is 9.78. The molecular formula is C17H15N5O. The lowest BCUT2D eigenvalue weighted by Gasteiger charge is -2.43. The Morgan fingerprint density at radius 3 is 2.65 bits per heavy atom. The van der Waals surface area contributed by atoms with E-state index in [-0.39, 0.29) is 17.2 Å². The molecule has 0 saturated heterocycles. The van der Waals surface area contributed by atoms with Gasteiger partial charge in [-0.3, -0.25) is 0 Å². The average Bonchev–Trinajstić information content (AvgIpc) is 3.08. The van der Waals surface area contributed by atoms with Crippen LogP contribution in [0.3, 0.4) is 0 Å². The molecule has 0 amide bonds. The molecule has 6 nitrogen and oxygen atoms in total. The highest BCUT2D eigenvalue weighted by atomic mass is 16.3. The SMILES string of the molecule is CN1CC=C2C(C#N)=C(N)C(C#N)(C#N)[C@H](c3ccco3)[C@@H]2C1. The molecule has 2 atom stereocenters. The van der Waals surface area contributed by atoms with Gasteiger partial charge in [0.25, 0.3) is 0 Å². The van der Waals surface area contributed by atoms with Gasteiger partial charge in [-0.25, -0.2) is 0 Å². The Morgan fingerprint density at radius 2 is 2.09 bits per heavy atom. The fraction of sp³-hybridized carbons (Fsp3) is 0.353. The van der Waals surface area contributed by atoms with Crippen LogP contribution in [0.5, 0.6) is 0 Å². The number of hydrogen-bond acceptors (Lipinski definition) is 6. The van der Waals surface area contributed by atoms with Crippen LogP contribution in [-0.4, -0.2) is 25.0 Å². The molecule has 3 rings (SSSR count). The van der Waals surface area contributed by atoms with Crippen LogP contribution in [0.4, 0.5) is 0 Å². The molecule has 1 aliphatic carbocycles. The molecule has 23 heavy (non-hydrogen) atoms. The Balaban J connectivity index is 2.33. The highest BCUT2D eigenvalue weighted by Gasteiger charge is 2.55. The summed E-state index contributed by atoms with van der Waals surface area (Å²) in [4.78, 5) is 2.08. The molecule has 2 N–H and O–H groups in total. The van der Waals surface area contributed by atoms with Crippen molar-refractivity contribution in [2.75, 3.05) is 20.1 Å². The molecule has 1 aliphatic heterocycles. The van der Waals surface area contributed by atoms with Crippen LogP contribution < -0.4 is 5.73 Å². The first kappa shape index (κ1) is 14.9. The molecule has 0 spiro atoms. The molecule has 114 valence electrons. The Morgan fingerprint density at radius 1 is 1.35 bits per heavy atom. The van der Waals surface area contributed by atoms with Crippen LogP contribution in [0.25, 0.3) is 0 Å². The summed E-state index contributed by atoms with van der Waals surface area (Å²) >= 11 is 0. The van der Waals surface area contributed by atoms with Crippen LogP contribution >= 0.6 is 0 Å². The van der Waals surface area contributed by atoms with Gasteiger partial charge in [-0.15, -0.1) is 0 Å². The zero-order valence-electron chi connectivity index (χ0n) is 12.7.